The minimum absolute atomic E-state index is 0.122. The average Bonchev–Trinajstić information content (AvgIpc) is 2.53. The molecule has 138 valence electrons. The van der Waals surface area contributed by atoms with E-state index in [1.165, 1.54) is 6.92 Å². The van der Waals surface area contributed by atoms with E-state index in [1.807, 2.05) is 0 Å². The van der Waals surface area contributed by atoms with Crippen LogP contribution in [-0.4, -0.2) is 35.6 Å². The van der Waals surface area contributed by atoms with E-state index in [2.05, 4.69) is 5.32 Å². The molecule has 6 nitrogen and oxygen atoms in total. The van der Waals surface area contributed by atoms with Crippen molar-refractivity contribution in [3.8, 4) is 0 Å². The van der Waals surface area contributed by atoms with E-state index >= 15 is 0 Å². The smallest absolute Gasteiger partial charge is 0.416 e. The molecule has 0 saturated heterocycles. The first kappa shape index (κ1) is 20.5. The van der Waals surface area contributed by atoms with Crippen molar-refractivity contribution in [2.45, 2.75) is 32.5 Å². The summed E-state index contributed by atoms with van der Waals surface area (Å²) in [6.45, 7) is 3.20. The van der Waals surface area contributed by atoms with Crippen LogP contribution in [0.15, 0.2) is 24.3 Å². The van der Waals surface area contributed by atoms with Crippen molar-refractivity contribution >= 4 is 17.8 Å². The molecule has 25 heavy (non-hydrogen) atoms. The number of aliphatic carboxylic acids is 1. The third-order valence-corrected chi connectivity index (χ3v) is 3.36. The van der Waals surface area contributed by atoms with Crippen LogP contribution in [0.4, 0.5) is 13.2 Å². The highest BCUT2D eigenvalue weighted by atomic mass is 19.4. The summed E-state index contributed by atoms with van der Waals surface area (Å²) in [5, 5.41) is 11.4. The van der Waals surface area contributed by atoms with Gasteiger partial charge in [-0.05, 0) is 37.6 Å². The Labute approximate surface area is 142 Å². The molecular weight excluding hydrogens is 343 g/mol. The number of carbonyl (C=O) groups is 3. The standard InChI is InChI=1S/C16H18F3NO5/c1-3-25-15(24)9(2)8-12(14(22)23)20-13(21)10-4-6-11(7-5-10)16(17,18)19/h4-7,9,12H,3,8H2,1-2H3,(H,20,21)(H,22,23)/t9-,12+/m0/s1. The Morgan fingerprint density at radius 3 is 2.20 bits per heavy atom. The van der Waals surface area contributed by atoms with Crippen molar-refractivity contribution in [3.63, 3.8) is 0 Å². The number of hydrogen-bond donors (Lipinski definition) is 2. The quantitative estimate of drug-likeness (QED) is 0.728. The van der Waals surface area contributed by atoms with Crippen LogP contribution in [0.2, 0.25) is 0 Å². The third-order valence-electron chi connectivity index (χ3n) is 3.36. The molecule has 0 aliphatic heterocycles. The van der Waals surface area contributed by atoms with Gasteiger partial charge in [-0.2, -0.15) is 13.2 Å². The summed E-state index contributed by atoms with van der Waals surface area (Å²) in [4.78, 5) is 34.8. The number of rotatable bonds is 7. The number of carboxylic acid groups (broad SMARTS) is 1. The molecule has 1 aromatic rings. The maximum Gasteiger partial charge on any atom is 0.416 e. The summed E-state index contributed by atoms with van der Waals surface area (Å²) in [7, 11) is 0. The zero-order valence-electron chi connectivity index (χ0n) is 13.6. The highest BCUT2D eigenvalue weighted by Crippen LogP contribution is 2.29. The zero-order chi connectivity index (χ0) is 19.2. The first-order valence-corrected chi connectivity index (χ1v) is 7.43. The fourth-order valence-corrected chi connectivity index (χ4v) is 2.01. The fraction of sp³-hybridized carbons (Fsp3) is 0.438. The third kappa shape index (κ3) is 6.09. The Balaban J connectivity index is 2.79. The number of carboxylic acids is 1. The zero-order valence-corrected chi connectivity index (χ0v) is 13.6. The lowest BCUT2D eigenvalue weighted by Gasteiger charge is -2.18. The van der Waals surface area contributed by atoms with E-state index in [0.717, 1.165) is 24.3 Å². The summed E-state index contributed by atoms with van der Waals surface area (Å²) < 4.78 is 42.3. The summed E-state index contributed by atoms with van der Waals surface area (Å²) in [6, 6.07) is 1.98. The SMILES string of the molecule is CCOC(=O)[C@@H](C)C[C@@H](NC(=O)c1ccc(C(F)(F)F)cc1)C(=O)O. The van der Waals surface area contributed by atoms with Crippen LogP contribution in [0.25, 0.3) is 0 Å². The van der Waals surface area contributed by atoms with Gasteiger partial charge in [0.05, 0.1) is 18.1 Å². The number of benzene rings is 1. The van der Waals surface area contributed by atoms with Crippen molar-refractivity contribution in [2.75, 3.05) is 6.61 Å². The van der Waals surface area contributed by atoms with Crippen molar-refractivity contribution < 1.29 is 37.4 Å². The maximum absolute atomic E-state index is 12.5. The molecule has 1 aromatic carbocycles. The molecule has 0 saturated carbocycles. The van der Waals surface area contributed by atoms with Gasteiger partial charge in [-0.3, -0.25) is 9.59 Å². The monoisotopic (exact) mass is 361 g/mol. The minimum atomic E-state index is -4.53. The first-order valence-electron chi connectivity index (χ1n) is 7.43. The molecule has 0 aliphatic rings. The van der Waals surface area contributed by atoms with Crippen LogP contribution in [0, 0.1) is 5.92 Å². The van der Waals surface area contributed by atoms with Crippen LogP contribution in [0.3, 0.4) is 0 Å². The Hall–Kier alpha value is -2.58. The Morgan fingerprint density at radius 2 is 1.76 bits per heavy atom. The van der Waals surface area contributed by atoms with Gasteiger partial charge < -0.3 is 15.2 Å². The molecule has 0 spiro atoms. The second-order valence-electron chi connectivity index (χ2n) is 5.33. The molecule has 0 unspecified atom stereocenters. The topological polar surface area (TPSA) is 92.7 Å². The number of amides is 1. The molecule has 0 fully saturated rings. The van der Waals surface area contributed by atoms with Gasteiger partial charge in [0.1, 0.15) is 6.04 Å². The number of ether oxygens (including phenoxy) is 1. The molecule has 1 rings (SSSR count). The van der Waals surface area contributed by atoms with Crippen molar-refractivity contribution in [3.05, 3.63) is 35.4 Å². The fourth-order valence-electron chi connectivity index (χ4n) is 2.01. The van der Waals surface area contributed by atoms with Crippen LogP contribution in [0.1, 0.15) is 36.2 Å². The number of carbonyl (C=O) groups excluding carboxylic acids is 2. The minimum Gasteiger partial charge on any atom is -0.480 e. The summed E-state index contributed by atoms with van der Waals surface area (Å²) >= 11 is 0. The van der Waals surface area contributed by atoms with Gasteiger partial charge in [-0.25, -0.2) is 4.79 Å². The molecule has 0 aromatic heterocycles. The van der Waals surface area contributed by atoms with E-state index < -0.39 is 41.5 Å². The summed E-state index contributed by atoms with van der Waals surface area (Å²) in [5.41, 5.74) is -1.04. The summed E-state index contributed by atoms with van der Waals surface area (Å²) in [6.07, 6.45) is -4.74. The molecule has 0 bridgehead atoms. The van der Waals surface area contributed by atoms with Gasteiger partial charge in [0.25, 0.3) is 5.91 Å². The van der Waals surface area contributed by atoms with Crippen LogP contribution >= 0.6 is 0 Å². The van der Waals surface area contributed by atoms with E-state index in [4.69, 9.17) is 9.84 Å². The predicted molar refractivity (Wildman–Crippen MR) is 80.7 cm³/mol. The second-order valence-corrected chi connectivity index (χ2v) is 5.33. The Morgan fingerprint density at radius 1 is 1.20 bits per heavy atom. The van der Waals surface area contributed by atoms with Crippen LogP contribution in [0.5, 0.6) is 0 Å². The molecule has 1 amide bonds. The highest BCUT2D eigenvalue weighted by molar-refractivity contribution is 5.96. The molecule has 9 heteroatoms. The van der Waals surface area contributed by atoms with Crippen LogP contribution < -0.4 is 5.32 Å². The Bertz CT molecular complexity index is 628. The van der Waals surface area contributed by atoms with Gasteiger partial charge in [0, 0.05) is 5.56 Å². The van der Waals surface area contributed by atoms with Crippen molar-refractivity contribution in [1.29, 1.82) is 0 Å². The predicted octanol–water partition coefficient (Wildman–Crippen LogP) is 2.48. The first-order chi connectivity index (χ1) is 11.6. The maximum atomic E-state index is 12.5. The van der Waals surface area contributed by atoms with Gasteiger partial charge in [-0.1, -0.05) is 6.92 Å². The Kier molecular flexibility index (Phi) is 6.96. The lowest BCUT2D eigenvalue weighted by atomic mass is 10.0. The largest absolute Gasteiger partial charge is 0.480 e. The number of hydrogen-bond acceptors (Lipinski definition) is 4. The van der Waals surface area contributed by atoms with E-state index in [0.29, 0.717) is 0 Å². The molecule has 0 heterocycles. The second kappa shape index (κ2) is 8.50. The van der Waals surface area contributed by atoms with Gasteiger partial charge in [-0.15, -0.1) is 0 Å². The number of halogens is 3. The van der Waals surface area contributed by atoms with E-state index in [9.17, 15) is 27.6 Å². The lowest BCUT2D eigenvalue weighted by Crippen LogP contribution is -2.42. The lowest BCUT2D eigenvalue weighted by molar-refractivity contribution is -0.148. The number of esters is 1. The van der Waals surface area contributed by atoms with Crippen molar-refractivity contribution in [2.24, 2.45) is 5.92 Å². The highest BCUT2D eigenvalue weighted by Gasteiger charge is 2.31. The van der Waals surface area contributed by atoms with E-state index in [-0.39, 0.29) is 18.6 Å². The normalized spacial score (nSPS) is 13.6. The van der Waals surface area contributed by atoms with Gasteiger partial charge >= 0.3 is 18.1 Å². The molecule has 0 radical (unpaired) electrons. The molecule has 0 aliphatic carbocycles. The van der Waals surface area contributed by atoms with E-state index in [1.54, 1.807) is 6.92 Å². The molecule has 2 N–H and O–H groups in total. The number of nitrogens with one attached hydrogen (secondary N) is 1. The average molecular weight is 361 g/mol. The molecular formula is C16H18F3NO5. The number of alkyl halides is 3. The van der Waals surface area contributed by atoms with Crippen molar-refractivity contribution in [1.82, 2.24) is 5.32 Å². The van der Waals surface area contributed by atoms with Gasteiger partial charge in [0.2, 0.25) is 0 Å². The van der Waals surface area contributed by atoms with Gasteiger partial charge in [0.15, 0.2) is 0 Å². The van der Waals surface area contributed by atoms with Crippen LogP contribution in [-0.2, 0) is 20.5 Å². The summed E-state index contributed by atoms with van der Waals surface area (Å²) in [5.74, 6) is -3.58. The molecule has 2 atom stereocenters.